The van der Waals surface area contributed by atoms with Gasteiger partial charge in [0, 0.05) is 38.3 Å². The summed E-state index contributed by atoms with van der Waals surface area (Å²) >= 11 is 0. The van der Waals surface area contributed by atoms with Crippen molar-refractivity contribution < 1.29 is 9.53 Å². The molecule has 1 fully saturated rings. The Morgan fingerprint density at radius 2 is 1.80 bits per heavy atom. The molecule has 132 valence electrons. The first-order valence-corrected chi connectivity index (χ1v) is 9.02. The lowest BCUT2D eigenvalue weighted by Crippen LogP contribution is -2.34. The van der Waals surface area contributed by atoms with Gasteiger partial charge in [-0.25, -0.2) is 0 Å². The van der Waals surface area contributed by atoms with Crippen molar-refractivity contribution in [3.8, 4) is 0 Å². The predicted octanol–water partition coefficient (Wildman–Crippen LogP) is 3.70. The molecule has 1 amide bonds. The molecule has 25 heavy (non-hydrogen) atoms. The average Bonchev–Trinajstić information content (AvgIpc) is 3.14. The number of para-hydroxylation sites is 1. The van der Waals surface area contributed by atoms with Crippen molar-refractivity contribution in [1.82, 2.24) is 4.90 Å². The van der Waals surface area contributed by atoms with Crippen molar-refractivity contribution in [3.63, 3.8) is 0 Å². The SMILES string of the molecule is O=C(CCN(Cc1ccccc1)CC1CCCO1)Nc1ccccc1. The van der Waals surface area contributed by atoms with Gasteiger partial charge in [0.25, 0.3) is 0 Å². The molecule has 0 radical (unpaired) electrons. The van der Waals surface area contributed by atoms with Crippen LogP contribution in [0.1, 0.15) is 24.8 Å². The van der Waals surface area contributed by atoms with E-state index < -0.39 is 0 Å². The summed E-state index contributed by atoms with van der Waals surface area (Å²) in [5, 5.41) is 2.96. The number of benzene rings is 2. The molecular formula is C21H26N2O2. The molecule has 1 heterocycles. The molecule has 0 aliphatic carbocycles. The molecule has 0 spiro atoms. The Balaban J connectivity index is 1.53. The second-order valence-electron chi connectivity index (χ2n) is 6.52. The lowest BCUT2D eigenvalue weighted by molar-refractivity contribution is -0.116. The van der Waals surface area contributed by atoms with Crippen LogP contribution >= 0.6 is 0 Å². The summed E-state index contributed by atoms with van der Waals surface area (Å²) in [7, 11) is 0. The second-order valence-corrected chi connectivity index (χ2v) is 6.52. The largest absolute Gasteiger partial charge is 0.377 e. The van der Waals surface area contributed by atoms with Crippen LogP contribution < -0.4 is 5.32 Å². The fraction of sp³-hybridized carbons (Fsp3) is 0.381. The number of carbonyl (C=O) groups is 1. The standard InChI is InChI=1S/C21H26N2O2/c24-21(22-19-10-5-2-6-11-19)13-14-23(17-20-12-7-15-25-20)16-18-8-3-1-4-9-18/h1-6,8-11,20H,7,12-17H2,(H,22,24). The molecule has 1 aliphatic rings. The fourth-order valence-electron chi connectivity index (χ4n) is 3.16. The fourth-order valence-corrected chi connectivity index (χ4v) is 3.16. The first-order valence-electron chi connectivity index (χ1n) is 9.02. The van der Waals surface area contributed by atoms with Gasteiger partial charge in [0.2, 0.25) is 5.91 Å². The van der Waals surface area contributed by atoms with E-state index in [4.69, 9.17) is 4.74 Å². The van der Waals surface area contributed by atoms with Crippen molar-refractivity contribution >= 4 is 11.6 Å². The van der Waals surface area contributed by atoms with Crippen LogP contribution in [0.2, 0.25) is 0 Å². The molecule has 0 saturated carbocycles. The Morgan fingerprint density at radius 3 is 2.48 bits per heavy atom. The maximum Gasteiger partial charge on any atom is 0.225 e. The topological polar surface area (TPSA) is 41.6 Å². The van der Waals surface area contributed by atoms with Crippen molar-refractivity contribution in [2.45, 2.75) is 31.9 Å². The van der Waals surface area contributed by atoms with Gasteiger partial charge in [-0.3, -0.25) is 9.69 Å². The highest BCUT2D eigenvalue weighted by atomic mass is 16.5. The summed E-state index contributed by atoms with van der Waals surface area (Å²) in [6.07, 6.45) is 3.02. The van der Waals surface area contributed by atoms with Gasteiger partial charge in [0.15, 0.2) is 0 Å². The zero-order valence-corrected chi connectivity index (χ0v) is 14.6. The summed E-state index contributed by atoms with van der Waals surface area (Å²) in [5.41, 5.74) is 2.12. The van der Waals surface area contributed by atoms with Crippen LogP contribution in [-0.4, -0.2) is 36.6 Å². The number of nitrogens with zero attached hydrogens (tertiary/aromatic N) is 1. The number of nitrogens with one attached hydrogen (secondary N) is 1. The molecule has 0 aromatic heterocycles. The number of hydrogen-bond acceptors (Lipinski definition) is 3. The summed E-state index contributed by atoms with van der Waals surface area (Å²) in [4.78, 5) is 14.6. The van der Waals surface area contributed by atoms with Crippen LogP contribution in [0.15, 0.2) is 60.7 Å². The number of ether oxygens (including phenoxy) is 1. The van der Waals surface area contributed by atoms with Gasteiger partial charge in [-0.15, -0.1) is 0 Å². The number of carbonyl (C=O) groups excluding carboxylic acids is 1. The molecule has 4 nitrogen and oxygen atoms in total. The third-order valence-corrected chi connectivity index (χ3v) is 4.45. The average molecular weight is 338 g/mol. The minimum atomic E-state index is 0.0524. The highest BCUT2D eigenvalue weighted by molar-refractivity contribution is 5.90. The maximum absolute atomic E-state index is 12.2. The maximum atomic E-state index is 12.2. The normalized spacial score (nSPS) is 16.9. The van der Waals surface area contributed by atoms with Gasteiger partial charge >= 0.3 is 0 Å². The third kappa shape index (κ3) is 6.00. The number of rotatable bonds is 8. The van der Waals surface area contributed by atoms with E-state index in [1.165, 1.54) is 5.56 Å². The smallest absolute Gasteiger partial charge is 0.225 e. The Bertz CT molecular complexity index is 639. The minimum absolute atomic E-state index is 0.0524. The molecule has 0 bridgehead atoms. The number of hydrogen-bond donors (Lipinski definition) is 1. The van der Waals surface area contributed by atoms with E-state index in [1.54, 1.807) is 0 Å². The van der Waals surface area contributed by atoms with E-state index in [2.05, 4.69) is 34.5 Å². The van der Waals surface area contributed by atoms with Crippen molar-refractivity contribution in [1.29, 1.82) is 0 Å². The molecular weight excluding hydrogens is 312 g/mol. The molecule has 1 N–H and O–H groups in total. The Morgan fingerprint density at radius 1 is 1.08 bits per heavy atom. The quantitative estimate of drug-likeness (QED) is 0.798. The van der Waals surface area contributed by atoms with Crippen LogP contribution in [0, 0.1) is 0 Å². The van der Waals surface area contributed by atoms with Crippen molar-refractivity contribution in [2.75, 3.05) is 25.0 Å². The highest BCUT2D eigenvalue weighted by Gasteiger charge is 2.20. The summed E-state index contributed by atoms with van der Waals surface area (Å²) in [5.74, 6) is 0.0524. The monoisotopic (exact) mass is 338 g/mol. The van der Waals surface area contributed by atoms with Crippen molar-refractivity contribution in [2.24, 2.45) is 0 Å². The lowest BCUT2D eigenvalue weighted by Gasteiger charge is -2.25. The number of anilines is 1. The molecule has 1 aliphatic heterocycles. The van der Waals surface area contributed by atoms with Gasteiger partial charge in [0.1, 0.15) is 0 Å². The molecule has 2 aromatic carbocycles. The molecule has 3 rings (SSSR count). The van der Waals surface area contributed by atoms with E-state index in [-0.39, 0.29) is 5.91 Å². The molecule has 1 atom stereocenters. The van der Waals surface area contributed by atoms with Crippen LogP contribution in [0.5, 0.6) is 0 Å². The molecule has 1 unspecified atom stereocenters. The summed E-state index contributed by atoms with van der Waals surface area (Å²) in [6, 6.07) is 20.0. The van der Waals surface area contributed by atoms with Gasteiger partial charge in [-0.2, -0.15) is 0 Å². The molecule has 1 saturated heterocycles. The molecule has 4 heteroatoms. The highest BCUT2D eigenvalue weighted by Crippen LogP contribution is 2.15. The van der Waals surface area contributed by atoms with Crippen LogP contribution in [0.25, 0.3) is 0 Å². The van der Waals surface area contributed by atoms with Crippen molar-refractivity contribution in [3.05, 3.63) is 66.2 Å². The summed E-state index contributed by atoms with van der Waals surface area (Å²) < 4.78 is 5.78. The van der Waals surface area contributed by atoms with E-state index in [0.717, 1.165) is 44.8 Å². The zero-order valence-electron chi connectivity index (χ0n) is 14.6. The van der Waals surface area contributed by atoms with Gasteiger partial charge in [-0.1, -0.05) is 48.5 Å². The Kier molecular flexibility index (Phi) is 6.60. The first-order chi connectivity index (χ1) is 12.3. The summed E-state index contributed by atoms with van der Waals surface area (Å²) in [6.45, 7) is 3.32. The van der Waals surface area contributed by atoms with Gasteiger partial charge < -0.3 is 10.1 Å². The zero-order chi connectivity index (χ0) is 17.3. The molecule has 2 aromatic rings. The van der Waals surface area contributed by atoms with E-state index in [9.17, 15) is 4.79 Å². The van der Waals surface area contributed by atoms with Gasteiger partial charge in [0.05, 0.1) is 6.10 Å². The number of amides is 1. The van der Waals surface area contributed by atoms with Gasteiger partial charge in [-0.05, 0) is 30.5 Å². The van der Waals surface area contributed by atoms with E-state index in [1.807, 2.05) is 36.4 Å². The predicted molar refractivity (Wildman–Crippen MR) is 100 cm³/mol. The minimum Gasteiger partial charge on any atom is -0.377 e. The lowest BCUT2D eigenvalue weighted by atomic mass is 10.1. The van der Waals surface area contributed by atoms with E-state index in [0.29, 0.717) is 12.5 Å². The second kappa shape index (κ2) is 9.35. The third-order valence-electron chi connectivity index (χ3n) is 4.45. The Hall–Kier alpha value is -2.17. The van der Waals surface area contributed by atoms with Crippen LogP contribution in [0.3, 0.4) is 0 Å². The Labute approximate surface area is 149 Å². The van der Waals surface area contributed by atoms with Crippen LogP contribution in [-0.2, 0) is 16.1 Å². The van der Waals surface area contributed by atoms with E-state index >= 15 is 0 Å². The first kappa shape index (κ1) is 17.6. The van der Waals surface area contributed by atoms with Crippen LogP contribution in [0.4, 0.5) is 5.69 Å².